The van der Waals surface area contributed by atoms with Crippen molar-refractivity contribution in [3.05, 3.63) is 65.5 Å². The maximum atomic E-state index is 13.0. The number of aromatic nitrogens is 1. The first-order valence-corrected chi connectivity index (χ1v) is 8.98. The highest BCUT2D eigenvalue weighted by Crippen LogP contribution is 2.36. The van der Waals surface area contributed by atoms with Gasteiger partial charge in [0, 0.05) is 37.5 Å². The fraction of sp³-hybridized carbons (Fsp3) is 0.400. The van der Waals surface area contributed by atoms with Crippen molar-refractivity contribution in [1.82, 2.24) is 9.88 Å². The molecule has 1 saturated heterocycles. The summed E-state index contributed by atoms with van der Waals surface area (Å²) in [5.41, 5.74) is 1.08. The van der Waals surface area contributed by atoms with Gasteiger partial charge in [-0.25, -0.2) is 0 Å². The predicted molar refractivity (Wildman–Crippen MR) is 95.2 cm³/mol. The van der Waals surface area contributed by atoms with Gasteiger partial charge in [-0.2, -0.15) is 13.2 Å². The number of hydrogen-bond acceptors (Lipinski definition) is 4. The van der Waals surface area contributed by atoms with Crippen LogP contribution < -0.4 is 0 Å². The molecule has 0 amide bonds. The molecule has 0 saturated carbocycles. The lowest BCUT2D eigenvalue weighted by molar-refractivity contribution is -0.137. The van der Waals surface area contributed by atoms with Gasteiger partial charge >= 0.3 is 6.18 Å². The molecule has 27 heavy (non-hydrogen) atoms. The molecule has 4 nitrogen and oxygen atoms in total. The van der Waals surface area contributed by atoms with Gasteiger partial charge in [-0.15, -0.1) is 0 Å². The molecule has 2 aromatic rings. The summed E-state index contributed by atoms with van der Waals surface area (Å²) in [6.45, 7) is 2.44. The largest absolute Gasteiger partial charge is 0.416 e. The van der Waals surface area contributed by atoms with E-state index in [0.29, 0.717) is 24.2 Å². The van der Waals surface area contributed by atoms with Crippen molar-refractivity contribution in [2.24, 2.45) is 5.16 Å². The average molecular weight is 375 g/mol. The molecule has 1 atom stereocenters. The topological polar surface area (TPSA) is 37.7 Å². The standard InChI is InChI=1S/C20H20F3N3O/c21-20(22,23)17-6-1-5-16(10-17)18-11-19(27-25-18)7-3-9-26(14-19)13-15-4-2-8-24-12-15/h1-2,4-6,8,10,12H,3,7,9,11,13-14H2. The second-order valence-electron chi connectivity index (χ2n) is 7.24. The van der Waals surface area contributed by atoms with E-state index in [1.165, 1.54) is 6.07 Å². The van der Waals surface area contributed by atoms with E-state index in [-0.39, 0.29) is 0 Å². The van der Waals surface area contributed by atoms with Crippen LogP contribution in [0.1, 0.15) is 36.0 Å². The van der Waals surface area contributed by atoms with Gasteiger partial charge in [-0.05, 0) is 43.1 Å². The summed E-state index contributed by atoms with van der Waals surface area (Å²) in [4.78, 5) is 12.2. The van der Waals surface area contributed by atoms with E-state index in [1.807, 2.05) is 18.3 Å². The van der Waals surface area contributed by atoms with E-state index in [1.54, 1.807) is 12.3 Å². The highest BCUT2D eigenvalue weighted by molar-refractivity contribution is 6.01. The Kier molecular flexibility index (Phi) is 4.63. The Bertz CT molecular complexity index is 838. The molecule has 2 aliphatic heterocycles. The van der Waals surface area contributed by atoms with E-state index >= 15 is 0 Å². The van der Waals surface area contributed by atoms with Crippen LogP contribution in [0.3, 0.4) is 0 Å². The van der Waals surface area contributed by atoms with Crippen LogP contribution in [0.15, 0.2) is 53.9 Å². The number of rotatable bonds is 3. The molecular formula is C20H20F3N3O. The molecule has 1 fully saturated rings. The third-order valence-electron chi connectivity index (χ3n) is 5.11. The Morgan fingerprint density at radius 3 is 2.85 bits per heavy atom. The summed E-state index contributed by atoms with van der Waals surface area (Å²) < 4.78 is 38.9. The highest BCUT2D eigenvalue weighted by atomic mass is 19.4. The first kappa shape index (κ1) is 18.0. The quantitative estimate of drug-likeness (QED) is 0.805. The van der Waals surface area contributed by atoms with Crippen molar-refractivity contribution in [3.8, 4) is 0 Å². The van der Waals surface area contributed by atoms with Crippen molar-refractivity contribution < 1.29 is 18.0 Å². The van der Waals surface area contributed by atoms with Crippen LogP contribution in [0.2, 0.25) is 0 Å². The number of hydrogen-bond donors (Lipinski definition) is 0. The predicted octanol–water partition coefficient (Wildman–Crippen LogP) is 4.26. The van der Waals surface area contributed by atoms with Gasteiger partial charge in [-0.1, -0.05) is 23.4 Å². The minimum atomic E-state index is -4.36. The SMILES string of the molecule is FC(F)(F)c1cccc(C2=NOC3(CCCN(Cc4cccnc4)C3)C2)c1. The second-order valence-corrected chi connectivity index (χ2v) is 7.24. The number of nitrogens with zero attached hydrogens (tertiary/aromatic N) is 3. The summed E-state index contributed by atoms with van der Waals surface area (Å²) in [7, 11) is 0. The minimum Gasteiger partial charge on any atom is -0.387 e. The molecule has 2 aliphatic rings. The van der Waals surface area contributed by atoms with Crippen LogP contribution in [0, 0.1) is 0 Å². The van der Waals surface area contributed by atoms with Gasteiger partial charge in [0.15, 0.2) is 5.60 Å². The molecule has 1 unspecified atom stereocenters. The average Bonchev–Trinajstić information content (AvgIpc) is 3.05. The Hall–Kier alpha value is -2.41. The van der Waals surface area contributed by atoms with E-state index in [2.05, 4.69) is 15.0 Å². The molecule has 0 aliphatic carbocycles. The molecular weight excluding hydrogens is 355 g/mol. The maximum Gasteiger partial charge on any atom is 0.416 e. The Labute approximate surface area is 155 Å². The molecule has 7 heteroatoms. The minimum absolute atomic E-state index is 0.454. The lowest BCUT2D eigenvalue weighted by Crippen LogP contribution is -2.47. The fourth-order valence-corrected chi connectivity index (χ4v) is 3.85. The first-order valence-electron chi connectivity index (χ1n) is 8.98. The van der Waals surface area contributed by atoms with Gasteiger partial charge in [0.2, 0.25) is 0 Å². The summed E-state index contributed by atoms with van der Waals surface area (Å²) in [6.07, 6.45) is 1.57. The van der Waals surface area contributed by atoms with Crippen LogP contribution in [0.4, 0.5) is 13.2 Å². The molecule has 1 aromatic heterocycles. The number of oxime groups is 1. The number of halogens is 3. The van der Waals surface area contributed by atoms with Crippen molar-refractivity contribution in [2.45, 2.75) is 37.6 Å². The summed E-state index contributed by atoms with van der Waals surface area (Å²) in [5.74, 6) is 0. The van der Waals surface area contributed by atoms with E-state index in [4.69, 9.17) is 4.84 Å². The monoisotopic (exact) mass is 375 g/mol. The zero-order valence-electron chi connectivity index (χ0n) is 14.7. The number of piperidine rings is 1. The fourth-order valence-electron chi connectivity index (χ4n) is 3.85. The van der Waals surface area contributed by atoms with Crippen molar-refractivity contribution in [2.75, 3.05) is 13.1 Å². The lowest BCUT2D eigenvalue weighted by atomic mass is 9.86. The number of alkyl halides is 3. The van der Waals surface area contributed by atoms with Gasteiger partial charge in [0.25, 0.3) is 0 Å². The third kappa shape index (κ3) is 3.98. The molecule has 0 N–H and O–H groups in total. The smallest absolute Gasteiger partial charge is 0.387 e. The number of pyridine rings is 1. The Morgan fingerprint density at radius 2 is 2.07 bits per heavy atom. The van der Waals surface area contributed by atoms with E-state index in [0.717, 1.165) is 43.6 Å². The highest BCUT2D eigenvalue weighted by Gasteiger charge is 2.43. The first-order chi connectivity index (χ1) is 12.9. The molecule has 4 rings (SSSR count). The molecule has 0 radical (unpaired) electrons. The zero-order chi connectivity index (χ0) is 18.9. The van der Waals surface area contributed by atoms with Crippen LogP contribution in [0.5, 0.6) is 0 Å². The third-order valence-corrected chi connectivity index (χ3v) is 5.11. The van der Waals surface area contributed by atoms with Crippen LogP contribution in [-0.2, 0) is 17.6 Å². The number of benzene rings is 1. The van der Waals surface area contributed by atoms with Crippen LogP contribution >= 0.6 is 0 Å². The summed E-state index contributed by atoms with van der Waals surface area (Å²) in [5, 5.41) is 4.16. The lowest BCUT2D eigenvalue weighted by Gasteiger charge is -2.38. The second kappa shape index (κ2) is 6.96. The normalized spacial score (nSPS) is 23.3. The van der Waals surface area contributed by atoms with Gasteiger partial charge in [0.05, 0.1) is 11.3 Å². The maximum absolute atomic E-state index is 13.0. The van der Waals surface area contributed by atoms with Gasteiger partial charge in [-0.3, -0.25) is 9.88 Å². The van der Waals surface area contributed by atoms with Gasteiger partial charge < -0.3 is 4.84 Å². The Balaban J connectivity index is 1.46. The van der Waals surface area contributed by atoms with Gasteiger partial charge in [0.1, 0.15) is 0 Å². The van der Waals surface area contributed by atoms with E-state index < -0.39 is 17.3 Å². The van der Waals surface area contributed by atoms with Crippen LogP contribution in [0.25, 0.3) is 0 Å². The zero-order valence-corrected chi connectivity index (χ0v) is 14.7. The van der Waals surface area contributed by atoms with E-state index in [9.17, 15) is 13.2 Å². The molecule has 1 aromatic carbocycles. The van der Waals surface area contributed by atoms with Crippen molar-refractivity contribution >= 4 is 5.71 Å². The number of likely N-dealkylation sites (tertiary alicyclic amines) is 1. The summed E-state index contributed by atoms with van der Waals surface area (Å²) in [6, 6.07) is 9.25. The van der Waals surface area contributed by atoms with Crippen molar-refractivity contribution in [1.29, 1.82) is 0 Å². The summed E-state index contributed by atoms with van der Waals surface area (Å²) >= 11 is 0. The molecule has 1 spiro atoms. The molecule has 0 bridgehead atoms. The van der Waals surface area contributed by atoms with Crippen LogP contribution in [-0.4, -0.2) is 34.3 Å². The van der Waals surface area contributed by atoms with Crippen molar-refractivity contribution in [3.63, 3.8) is 0 Å². The molecule has 3 heterocycles. The molecule has 142 valence electrons. The Morgan fingerprint density at radius 1 is 1.19 bits per heavy atom.